The number of hydrogen-bond acceptors (Lipinski definition) is 3. The van der Waals surface area contributed by atoms with Crippen molar-refractivity contribution < 1.29 is 0 Å². The molecule has 1 fully saturated rings. The molecule has 1 aliphatic heterocycles. The maximum atomic E-state index is 3.49. The summed E-state index contributed by atoms with van der Waals surface area (Å²) in [6.45, 7) is 4.34. The topological polar surface area (TPSA) is 15.3 Å². The largest absolute Gasteiger partial charge is 0.372 e. The molecule has 2 nitrogen and oxygen atoms in total. The van der Waals surface area contributed by atoms with E-state index in [0.717, 1.165) is 13.1 Å². The summed E-state index contributed by atoms with van der Waals surface area (Å²) in [6.07, 6.45) is 2.67. The maximum Gasteiger partial charge on any atom is 0.0366 e. The summed E-state index contributed by atoms with van der Waals surface area (Å²) < 4.78 is 0. The lowest BCUT2D eigenvalue weighted by Gasteiger charge is -2.17. The highest BCUT2D eigenvalue weighted by molar-refractivity contribution is 7.09. The molecule has 3 rings (SSSR count). The lowest BCUT2D eigenvalue weighted by atomic mass is 10.2. The van der Waals surface area contributed by atoms with Gasteiger partial charge in [0, 0.05) is 36.7 Å². The SMILES string of the molecule is c1csc(CNCc2ccc(N3CCCC3)cc2)c1. The molecule has 19 heavy (non-hydrogen) atoms. The monoisotopic (exact) mass is 272 g/mol. The molecule has 2 aromatic rings. The van der Waals surface area contributed by atoms with Gasteiger partial charge in [0.2, 0.25) is 0 Å². The molecular formula is C16H20N2S. The zero-order chi connectivity index (χ0) is 12.9. The molecule has 1 saturated heterocycles. The van der Waals surface area contributed by atoms with Gasteiger partial charge in [0.05, 0.1) is 0 Å². The summed E-state index contributed by atoms with van der Waals surface area (Å²) in [7, 11) is 0. The summed E-state index contributed by atoms with van der Waals surface area (Å²) in [4.78, 5) is 3.87. The van der Waals surface area contributed by atoms with E-state index in [0.29, 0.717) is 0 Å². The third-order valence-electron chi connectivity index (χ3n) is 3.62. The molecule has 0 bridgehead atoms. The summed E-state index contributed by atoms with van der Waals surface area (Å²) >= 11 is 1.81. The number of nitrogens with zero attached hydrogens (tertiary/aromatic N) is 1. The normalized spacial score (nSPS) is 15.1. The van der Waals surface area contributed by atoms with E-state index >= 15 is 0 Å². The van der Waals surface area contributed by atoms with Gasteiger partial charge < -0.3 is 10.2 Å². The molecule has 3 heteroatoms. The van der Waals surface area contributed by atoms with Crippen LogP contribution in [0.3, 0.4) is 0 Å². The highest BCUT2D eigenvalue weighted by Gasteiger charge is 2.11. The zero-order valence-corrected chi connectivity index (χ0v) is 12.0. The van der Waals surface area contributed by atoms with Gasteiger partial charge in [-0.2, -0.15) is 0 Å². The van der Waals surface area contributed by atoms with Crippen molar-refractivity contribution in [1.29, 1.82) is 0 Å². The summed E-state index contributed by atoms with van der Waals surface area (Å²) in [5.41, 5.74) is 2.74. The Hall–Kier alpha value is -1.32. The van der Waals surface area contributed by atoms with E-state index < -0.39 is 0 Å². The highest BCUT2D eigenvalue weighted by Crippen LogP contribution is 2.20. The fourth-order valence-corrected chi connectivity index (χ4v) is 3.22. The van der Waals surface area contributed by atoms with E-state index in [1.165, 1.54) is 42.1 Å². The van der Waals surface area contributed by atoms with Crippen LogP contribution in [0.1, 0.15) is 23.3 Å². The molecule has 0 atom stereocenters. The number of nitrogens with one attached hydrogen (secondary N) is 1. The van der Waals surface area contributed by atoms with Crippen LogP contribution in [0.2, 0.25) is 0 Å². The van der Waals surface area contributed by atoms with E-state index in [1.54, 1.807) is 0 Å². The number of rotatable bonds is 5. The third-order valence-corrected chi connectivity index (χ3v) is 4.49. The molecule has 1 aliphatic rings. The first-order valence-electron chi connectivity index (χ1n) is 6.99. The van der Waals surface area contributed by atoms with Gasteiger partial charge >= 0.3 is 0 Å². The van der Waals surface area contributed by atoms with E-state index in [1.807, 2.05) is 11.3 Å². The maximum absolute atomic E-state index is 3.49. The van der Waals surface area contributed by atoms with Gasteiger partial charge in [-0.05, 0) is 42.0 Å². The molecule has 2 heterocycles. The first kappa shape index (κ1) is 12.7. The van der Waals surface area contributed by atoms with Crippen molar-refractivity contribution in [2.24, 2.45) is 0 Å². The summed E-state index contributed by atoms with van der Waals surface area (Å²) in [5, 5.41) is 5.62. The number of anilines is 1. The van der Waals surface area contributed by atoms with Crippen molar-refractivity contribution in [2.75, 3.05) is 18.0 Å². The average Bonchev–Trinajstić information content (AvgIpc) is 3.13. The van der Waals surface area contributed by atoms with Gasteiger partial charge in [0.25, 0.3) is 0 Å². The Morgan fingerprint density at radius 3 is 2.47 bits per heavy atom. The second-order valence-electron chi connectivity index (χ2n) is 5.04. The van der Waals surface area contributed by atoms with Gasteiger partial charge in [0.15, 0.2) is 0 Å². The van der Waals surface area contributed by atoms with Crippen LogP contribution >= 0.6 is 11.3 Å². The van der Waals surface area contributed by atoms with Crippen LogP contribution < -0.4 is 10.2 Å². The summed E-state index contributed by atoms with van der Waals surface area (Å²) in [5.74, 6) is 0. The molecule has 1 aromatic heterocycles. The molecule has 0 unspecified atom stereocenters. The first-order chi connectivity index (χ1) is 9.42. The second-order valence-corrected chi connectivity index (χ2v) is 6.08. The molecule has 0 radical (unpaired) electrons. The number of thiophene rings is 1. The van der Waals surface area contributed by atoms with Crippen LogP contribution in [0, 0.1) is 0 Å². The van der Waals surface area contributed by atoms with Crippen molar-refractivity contribution in [3.05, 3.63) is 52.2 Å². The molecule has 0 aliphatic carbocycles. The molecule has 0 spiro atoms. The third kappa shape index (κ3) is 3.37. The van der Waals surface area contributed by atoms with Crippen LogP contribution in [0.4, 0.5) is 5.69 Å². The molecule has 1 aromatic carbocycles. The molecule has 0 saturated carbocycles. The van der Waals surface area contributed by atoms with Crippen molar-refractivity contribution in [3.63, 3.8) is 0 Å². The molecule has 1 N–H and O–H groups in total. The predicted octanol–water partition coefficient (Wildman–Crippen LogP) is 3.64. The van der Waals surface area contributed by atoms with Crippen molar-refractivity contribution in [2.45, 2.75) is 25.9 Å². The Morgan fingerprint density at radius 1 is 1.00 bits per heavy atom. The average molecular weight is 272 g/mol. The standard InChI is InChI=1S/C16H20N2S/c1-2-10-18(9-1)15-7-5-14(6-8-15)12-17-13-16-4-3-11-19-16/h3-8,11,17H,1-2,9-10,12-13H2. The van der Waals surface area contributed by atoms with Gasteiger partial charge in [-0.25, -0.2) is 0 Å². The van der Waals surface area contributed by atoms with Crippen LogP contribution in [0.15, 0.2) is 41.8 Å². The van der Waals surface area contributed by atoms with E-state index in [9.17, 15) is 0 Å². The smallest absolute Gasteiger partial charge is 0.0366 e. The van der Waals surface area contributed by atoms with Crippen LogP contribution in [0.5, 0.6) is 0 Å². The Bertz CT molecular complexity index is 484. The quantitative estimate of drug-likeness (QED) is 0.894. The number of hydrogen-bond donors (Lipinski definition) is 1. The highest BCUT2D eigenvalue weighted by atomic mass is 32.1. The minimum atomic E-state index is 0.943. The molecule has 0 amide bonds. The van der Waals surface area contributed by atoms with Crippen molar-refractivity contribution in [3.8, 4) is 0 Å². The predicted molar refractivity (Wildman–Crippen MR) is 82.8 cm³/mol. The van der Waals surface area contributed by atoms with E-state index in [4.69, 9.17) is 0 Å². The number of benzene rings is 1. The van der Waals surface area contributed by atoms with Gasteiger partial charge in [-0.15, -0.1) is 11.3 Å². The fraction of sp³-hybridized carbons (Fsp3) is 0.375. The second kappa shape index (κ2) is 6.22. The molecule has 100 valence electrons. The Balaban J connectivity index is 1.51. The Kier molecular flexibility index (Phi) is 4.16. The van der Waals surface area contributed by atoms with E-state index in [2.05, 4.69) is 52.0 Å². The zero-order valence-electron chi connectivity index (χ0n) is 11.1. The van der Waals surface area contributed by atoms with Crippen molar-refractivity contribution in [1.82, 2.24) is 5.32 Å². The summed E-state index contributed by atoms with van der Waals surface area (Å²) in [6, 6.07) is 13.3. The minimum Gasteiger partial charge on any atom is -0.372 e. The van der Waals surface area contributed by atoms with Gasteiger partial charge in [-0.3, -0.25) is 0 Å². The minimum absolute atomic E-state index is 0.943. The van der Waals surface area contributed by atoms with Crippen molar-refractivity contribution >= 4 is 17.0 Å². The van der Waals surface area contributed by atoms with E-state index in [-0.39, 0.29) is 0 Å². The Morgan fingerprint density at radius 2 is 1.79 bits per heavy atom. The lowest BCUT2D eigenvalue weighted by Crippen LogP contribution is -2.17. The van der Waals surface area contributed by atoms with Crippen LogP contribution in [-0.4, -0.2) is 13.1 Å². The Labute approximate surface area is 119 Å². The van der Waals surface area contributed by atoms with Crippen LogP contribution in [0.25, 0.3) is 0 Å². The van der Waals surface area contributed by atoms with Gasteiger partial charge in [0.1, 0.15) is 0 Å². The molecular weight excluding hydrogens is 252 g/mol. The van der Waals surface area contributed by atoms with Gasteiger partial charge in [-0.1, -0.05) is 18.2 Å². The lowest BCUT2D eigenvalue weighted by molar-refractivity contribution is 0.701. The fourth-order valence-electron chi connectivity index (χ4n) is 2.54. The first-order valence-corrected chi connectivity index (χ1v) is 7.87. The van der Waals surface area contributed by atoms with Crippen LogP contribution in [-0.2, 0) is 13.1 Å².